The molecule has 0 aliphatic carbocycles. The highest BCUT2D eigenvalue weighted by molar-refractivity contribution is 6.08. The van der Waals surface area contributed by atoms with Gasteiger partial charge in [-0.15, -0.1) is 0 Å². The SMILES string of the molecule is COc1ccc(C(=O)/C=C/c2ccccn2)c(OC)c1. The summed E-state index contributed by atoms with van der Waals surface area (Å²) in [5.74, 6) is 0.988. The highest BCUT2D eigenvalue weighted by Crippen LogP contribution is 2.25. The summed E-state index contributed by atoms with van der Waals surface area (Å²) in [7, 11) is 3.09. The van der Waals surface area contributed by atoms with E-state index in [1.54, 1.807) is 37.6 Å². The normalized spacial score (nSPS) is 10.5. The van der Waals surface area contributed by atoms with Crippen LogP contribution in [0.2, 0.25) is 0 Å². The second-order valence-corrected chi connectivity index (χ2v) is 4.02. The molecule has 2 aromatic rings. The first-order chi connectivity index (χ1) is 9.74. The van der Waals surface area contributed by atoms with E-state index in [4.69, 9.17) is 9.47 Å². The van der Waals surface area contributed by atoms with Crippen LogP contribution in [0.25, 0.3) is 6.08 Å². The van der Waals surface area contributed by atoms with Gasteiger partial charge in [-0.05, 0) is 36.4 Å². The Morgan fingerprint density at radius 2 is 2.00 bits per heavy atom. The minimum absolute atomic E-state index is 0.143. The summed E-state index contributed by atoms with van der Waals surface area (Å²) in [5.41, 5.74) is 1.22. The minimum Gasteiger partial charge on any atom is -0.497 e. The molecule has 0 unspecified atom stereocenters. The fraction of sp³-hybridized carbons (Fsp3) is 0.125. The van der Waals surface area contributed by atoms with Gasteiger partial charge in [-0.2, -0.15) is 0 Å². The summed E-state index contributed by atoms with van der Waals surface area (Å²) in [6.07, 6.45) is 4.83. The highest BCUT2D eigenvalue weighted by Gasteiger charge is 2.10. The van der Waals surface area contributed by atoms with Crippen LogP contribution >= 0.6 is 0 Å². The van der Waals surface area contributed by atoms with Crippen LogP contribution in [-0.2, 0) is 0 Å². The van der Waals surface area contributed by atoms with Gasteiger partial charge in [0.25, 0.3) is 0 Å². The Hall–Kier alpha value is -2.62. The Morgan fingerprint density at radius 1 is 1.15 bits per heavy atom. The summed E-state index contributed by atoms with van der Waals surface area (Å²) in [5, 5.41) is 0. The predicted molar refractivity (Wildman–Crippen MR) is 77.1 cm³/mol. The topological polar surface area (TPSA) is 48.4 Å². The van der Waals surface area contributed by atoms with Gasteiger partial charge in [0.2, 0.25) is 0 Å². The van der Waals surface area contributed by atoms with Gasteiger partial charge in [-0.3, -0.25) is 9.78 Å². The van der Waals surface area contributed by atoms with Crippen LogP contribution in [0.15, 0.2) is 48.7 Å². The molecule has 20 heavy (non-hydrogen) atoms. The molecule has 0 fully saturated rings. The van der Waals surface area contributed by atoms with E-state index in [1.807, 2.05) is 18.2 Å². The minimum atomic E-state index is -0.143. The third kappa shape index (κ3) is 3.23. The van der Waals surface area contributed by atoms with Gasteiger partial charge in [0.15, 0.2) is 5.78 Å². The smallest absolute Gasteiger partial charge is 0.189 e. The Morgan fingerprint density at radius 3 is 2.65 bits per heavy atom. The number of allylic oxidation sites excluding steroid dienone is 1. The predicted octanol–water partition coefficient (Wildman–Crippen LogP) is 2.99. The zero-order chi connectivity index (χ0) is 14.4. The standard InChI is InChI=1S/C16H15NO3/c1-19-13-7-8-14(16(11-13)20-2)15(18)9-6-12-5-3-4-10-17-12/h3-11H,1-2H3/b9-6+. The first-order valence-corrected chi connectivity index (χ1v) is 6.10. The van der Waals surface area contributed by atoms with Crippen molar-refractivity contribution in [2.24, 2.45) is 0 Å². The molecular weight excluding hydrogens is 254 g/mol. The number of benzene rings is 1. The molecule has 0 radical (unpaired) electrons. The third-order valence-corrected chi connectivity index (χ3v) is 2.77. The lowest BCUT2D eigenvalue weighted by atomic mass is 10.1. The monoisotopic (exact) mass is 269 g/mol. The second-order valence-electron chi connectivity index (χ2n) is 4.02. The first-order valence-electron chi connectivity index (χ1n) is 6.10. The average molecular weight is 269 g/mol. The molecular formula is C16H15NO3. The maximum absolute atomic E-state index is 12.2. The van der Waals surface area contributed by atoms with Gasteiger partial charge in [-0.1, -0.05) is 6.07 Å². The number of rotatable bonds is 5. The number of methoxy groups -OCH3 is 2. The quantitative estimate of drug-likeness (QED) is 0.618. The number of hydrogen-bond acceptors (Lipinski definition) is 4. The van der Waals surface area contributed by atoms with E-state index in [0.717, 1.165) is 5.69 Å². The van der Waals surface area contributed by atoms with Gasteiger partial charge >= 0.3 is 0 Å². The summed E-state index contributed by atoms with van der Waals surface area (Å²) in [6.45, 7) is 0. The van der Waals surface area contributed by atoms with Crippen molar-refractivity contribution in [3.8, 4) is 11.5 Å². The van der Waals surface area contributed by atoms with E-state index in [9.17, 15) is 4.79 Å². The van der Waals surface area contributed by atoms with E-state index in [1.165, 1.54) is 13.2 Å². The number of hydrogen-bond donors (Lipinski definition) is 0. The van der Waals surface area contributed by atoms with Crippen molar-refractivity contribution < 1.29 is 14.3 Å². The number of ether oxygens (including phenoxy) is 2. The van der Waals surface area contributed by atoms with Crippen molar-refractivity contribution >= 4 is 11.9 Å². The van der Waals surface area contributed by atoms with Gasteiger partial charge in [0.1, 0.15) is 11.5 Å². The number of pyridine rings is 1. The molecule has 4 heteroatoms. The van der Waals surface area contributed by atoms with Gasteiger partial charge in [-0.25, -0.2) is 0 Å². The lowest BCUT2D eigenvalue weighted by Crippen LogP contribution is -1.99. The van der Waals surface area contributed by atoms with Crippen LogP contribution in [0.4, 0.5) is 0 Å². The van der Waals surface area contributed by atoms with E-state index in [-0.39, 0.29) is 5.78 Å². The fourth-order valence-electron chi connectivity index (χ4n) is 1.73. The Labute approximate surface area is 117 Å². The molecule has 0 bridgehead atoms. The average Bonchev–Trinajstić information content (AvgIpc) is 2.52. The molecule has 0 aliphatic heterocycles. The van der Waals surface area contributed by atoms with Crippen molar-refractivity contribution in [1.29, 1.82) is 0 Å². The maximum Gasteiger partial charge on any atom is 0.189 e. The van der Waals surface area contributed by atoms with Crippen LogP contribution in [0.5, 0.6) is 11.5 Å². The third-order valence-electron chi connectivity index (χ3n) is 2.77. The van der Waals surface area contributed by atoms with E-state index in [0.29, 0.717) is 17.1 Å². The number of ketones is 1. The van der Waals surface area contributed by atoms with Gasteiger partial charge in [0.05, 0.1) is 25.5 Å². The number of carbonyl (C=O) groups excluding carboxylic acids is 1. The number of nitrogens with zero attached hydrogens (tertiary/aromatic N) is 1. The molecule has 0 atom stereocenters. The highest BCUT2D eigenvalue weighted by atomic mass is 16.5. The summed E-state index contributed by atoms with van der Waals surface area (Å²) in [6, 6.07) is 10.6. The lowest BCUT2D eigenvalue weighted by molar-refractivity contribution is 0.104. The molecule has 1 aromatic heterocycles. The van der Waals surface area contributed by atoms with Crippen molar-refractivity contribution in [2.75, 3.05) is 14.2 Å². The molecule has 4 nitrogen and oxygen atoms in total. The van der Waals surface area contributed by atoms with E-state index < -0.39 is 0 Å². The van der Waals surface area contributed by atoms with Crippen molar-refractivity contribution in [3.05, 3.63) is 59.9 Å². The van der Waals surface area contributed by atoms with E-state index in [2.05, 4.69) is 4.98 Å². The zero-order valence-corrected chi connectivity index (χ0v) is 11.4. The van der Waals surface area contributed by atoms with Crippen molar-refractivity contribution in [3.63, 3.8) is 0 Å². The number of aromatic nitrogens is 1. The summed E-state index contributed by atoms with van der Waals surface area (Å²) >= 11 is 0. The second kappa shape index (κ2) is 6.52. The summed E-state index contributed by atoms with van der Waals surface area (Å²) in [4.78, 5) is 16.3. The molecule has 102 valence electrons. The molecule has 1 heterocycles. The van der Waals surface area contributed by atoms with Crippen LogP contribution in [0.1, 0.15) is 16.1 Å². The molecule has 0 spiro atoms. The molecule has 0 saturated carbocycles. The maximum atomic E-state index is 12.2. The zero-order valence-electron chi connectivity index (χ0n) is 11.4. The molecule has 1 aromatic carbocycles. The molecule has 0 amide bonds. The van der Waals surface area contributed by atoms with Crippen LogP contribution in [0, 0.1) is 0 Å². The number of carbonyl (C=O) groups is 1. The van der Waals surface area contributed by atoms with Crippen molar-refractivity contribution in [2.45, 2.75) is 0 Å². The summed E-state index contributed by atoms with van der Waals surface area (Å²) < 4.78 is 10.3. The van der Waals surface area contributed by atoms with Crippen LogP contribution in [0.3, 0.4) is 0 Å². The van der Waals surface area contributed by atoms with E-state index >= 15 is 0 Å². The van der Waals surface area contributed by atoms with Crippen LogP contribution < -0.4 is 9.47 Å². The first kappa shape index (κ1) is 13.8. The van der Waals surface area contributed by atoms with Crippen molar-refractivity contribution in [1.82, 2.24) is 4.98 Å². The molecule has 2 rings (SSSR count). The van der Waals surface area contributed by atoms with Crippen LogP contribution in [-0.4, -0.2) is 25.0 Å². The Balaban J connectivity index is 2.23. The molecule has 0 saturated heterocycles. The fourth-order valence-corrected chi connectivity index (χ4v) is 1.73. The van der Waals surface area contributed by atoms with Gasteiger partial charge < -0.3 is 9.47 Å². The lowest BCUT2D eigenvalue weighted by Gasteiger charge is -2.07. The molecule has 0 N–H and O–H groups in total. The Kier molecular flexibility index (Phi) is 4.50. The molecule has 0 aliphatic rings. The largest absolute Gasteiger partial charge is 0.497 e. The van der Waals surface area contributed by atoms with Gasteiger partial charge in [0, 0.05) is 12.3 Å². The Bertz CT molecular complexity index is 621.